The van der Waals surface area contributed by atoms with E-state index in [-0.39, 0.29) is 18.4 Å². The number of aliphatic hydroxyl groups is 3. The highest BCUT2D eigenvalue weighted by Gasteiger charge is 2.97. The molecular weight excluding hydrogens is 676 g/mol. The largest absolute Gasteiger partial charge is 0.469 e. The third-order valence-corrected chi connectivity index (χ3v) is 14.1. The predicted molar refractivity (Wildman–Crippen MR) is 164 cm³/mol. The van der Waals surface area contributed by atoms with Crippen LogP contribution in [0.15, 0.2) is 24.0 Å². The van der Waals surface area contributed by atoms with Crippen LogP contribution >= 0.6 is 0 Å². The summed E-state index contributed by atoms with van der Waals surface area (Å²) in [6.45, 7) is 6.88. The minimum Gasteiger partial charge on any atom is -0.469 e. The summed E-state index contributed by atoms with van der Waals surface area (Å²) < 4.78 is 54.0. The Morgan fingerprint density at radius 1 is 0.961 bits per heavy atom. The molecule has 0 aromatic carbocycles. The monoisotopic (exact) mass is 720 g/mol. The van der Waals surface area contributed by atoms with Crippen LogP contribution < -0.4 is 0 Å². The molecule has 16 nitrogen and oxygen atoms in total. The highest BCUT2D eigenvalue weighted by Crippen LogP contribution is 2.83. The minimum absolute atomic E-state index is 0.235. The molecule has 8 aliphatic rings. The Morgan fingerprint density at radius 3 is 2.31 bits per heavy atom. The molecule has 3 saturated carbocycles. The summed E-state index contributed by atoms with van der Waals surface area (Å²) in [6.07, 6.45) is -3.11. The van der Waals surface area contributed by atoms with E-state index in [0.29, 0.717) is 0 Å². The summed E-state index contributed by atoms with van der Waals surface area (Å²) in [5, 5.41) is 37.4. The number of aliphatic hydroxyl groups excluding tert-OH is 1. The van der Waals surface area contributed by atoms with Crippen LogP contribution in [0.2, 0.25) is 0 Å². The molecule has 0 amide bonds. The Kier molecular flexibility index (Phi) is 7.20. The fourth-order valence-corrected chi connectivity index (χ4v) is 12.2. The van der Waals surface area contributed by atoms with E-state index < -0.39 is 130 Å². The minimum atomic E-state index is -2.82. The van der Waals surface area contributed by atoms with Gasteiger partial charge in [0.15, 0.2) is 5.60 Å². The van der Waals surface area contributed by atoms with Crippen molar-refractivity contribution >= 4 is 23.9 Å². The summed E-state index contributed by atoms with van der Waals surface area (Å²) in [5.41, 5.74) is -9.47. The molecule has 1 spiro atoms. The summed E-state index contributed by atoms with van der Waals surface area (Å²) in [4.78, 5) is 54.4. The van der Waals surface area contributed by atoms with E-state index in [9.17, 15) is 34.5 Å². The third-order valence-electron chi connectivity index (χ3n) is 14.1. The first-order valence-electron chi connectivity index (χ1n) is 17.2. The van der Waals surface area contributed by atoms with Crippen LogP contribution in [-0.4, -0.2) is 126 Å². The number of hydrogen-bond acceptors (Lipinski definition) is 16. The molecule has 0 radical (unpaired) electrons. The van der Waals surface area contributed by atoms with Gasteiger partial charge in [-0.3, -0.25) is 9.59 Å². The van der Waals surface area contributed by atoms with Gasteiger partial charge in [-0.05, 0) is 33.3 Å². The Balaban J connectivity index is 1.40. The number of carbonyl (C=O) groups is 4. The first-order valence-corrected chi connectivity index (χ1v) is 17.2. The SMILES string of the molecule is C/C=C(\C)C(=O)O[C@H]1C[C@@H](OC(C)=O)[C@@]2(C(=O)OC)CO[C@H]3[C@@H](O)[C@@](C)([C@]45O[C@@]4(C)[C@H]4C[C@@H]5O[C@@H]5OC=C[C@@]54O)[C@@H]4C(O)(C(=O)OC)OC[C@@]14[C@@H]32. The van der Waals surface area contributed by atoms with Crippen molar-refractivity contribution in [3.8, 4) is 0 Å². The number of fused-ring (bicyclic) bond motifs is 7. The van der Waals surface area contributed by atoms with Crippen LogP contribution in [0.3, 0.4) is 0 Å². The van der Waals surface area contributed by atoms with Crippen molar-refractivity contribution in [1.82, 2.24) is 0 Å². The molecule has 3 aliphatic carbocycles. The van der Waals surface area contributed by atoms with Gasteiger partial charge in [0.2, 0.25) is 6.29 Å². The molecule has 2 bridgehead atoms. The van der Waals surface area contributed by atoms with Gasteiger partial charge in [-0.1, -0.05) is 13.0 Å². The standard InChI is InChI=1S/C35H44O16/c1-8-15(2)24(38)49-18-12-19(48-16(3)36)32(26(39)43-6)13-46-21-22(32)31(18)14-47-34(42,27(40)44-7)25(31)29(4,23(21)37)35-20-11-17(30(35,5)51-35)33(41)9-10-45-28(33)50-20/h8-10,17-23,25,28,37,41-42H,11-14H2,1-7H3/b15-8+/t17-,18+,19-,20+,21-,22-,23-,25+,28+,29-,30+,31+,32+,33+,34?,35+/m1/s1. The average Bonchev–Trinajstić information content (AvgIpc) is 3.47. The normalized spacial score (nSPS) is 53.9. The maximum Gasteiger partial charge on any atom is 0.366 e. The highest BCUT2D eigenvalue weighted by molar-refractivity contribution is 5.88. The van der Waals surface area contributed by atoms with E-state index in [2.05, 4.69) is 0 Å². The lowest BCUT2D eigenvalue weighted by molar-refractivity contribution is -0.314. The van der Waals surface area contributed by atoms with E-state index >= 15 is 0 Å². The second kappa shape index (κ2) is 10.5. The number of methoxy groups -OCH3 is 2. The summed E-state index contributed by atoms with van der Waals surface area (Å²) >= 11 is 0. The van der Waals surface area contributed by atoms with E-state index in [4.69, 9.17) is 42.6 Å². The van der Waals surface area contributed by atoms with Gasteiger partial charge in [-0.15, -0.1) is 0 Å². The van der Waals surface area contributed by atoms with Gasteiger partial charge in [0.05, 0.1) is 52.0 Å². The first-order chi connectivity index (χ1) is 23.9. The molecule has 16 heteroatoms. The van der Waals surface area contributed by atoms with E-state index in [0.717, 1.165) is 14.2 Å². The van der Waals surface area contributed by atoms with Crippen molar-refractivity contribution in [2.45, 2.75) is 107 Å². The lowest BCUT2D eigenvalue weighted by atomic mass is 9.37. The predicted octanol–water partition coefficient (Wildman–Crippen LogP) is -0.203. The third kappa shape index (κ3) is 3.65. The number of ether oxygens (including phenoxy) is 9. The summed E-state index contributed by atoms with van der Waals surface area (Å²) in [7, 11) is 2.23. The molecule has 8 rings (SSSR count). The number of epoxide rings is 1. The lowest BCUT2D eigenvalue weighted by Crippen LogP contribution is -2.79. The van der Waals surface area contributed by atoms with E-state index in [1.54, 1.807) is 33.8 Å². The van der Waals surface area contributed by atoms with Crippen molar-refractivity contribution < 1.29 is 77.1 Å². The van der Waals surface area contributed by atoms with Crippen LogP contribution in [-0.2, 0) is 61.8 Å². The zero-order chi connectivity index (χ0) is 36.9. The molecule has 280 valence electrons. The van der Waals surface area contributed by atoms with Gasteiger partial charge >= 0.3 is 23.9 Å². The number of esters is 4. The fourth-order valence-electron chi connectivity index (χ4n) is 12.2. The summed E-state index contributed by atoms with van der Waals surface area (Å²) in [5.74, 6) is -9.76. The van der Waals surface area contributed by atoms with Crippen LogP contribution in [0.1, 0.15) is 47.5 Å². The Labute approximate surface area is 293 Å². The molecule has 3 N–H and O–H groups in total. The molecule has 0 aromatic heterocycles. The number of hydrogen-bond donors (Lipinski definition) is 3. The van der Waals surface area contributed by atoms with Gasteiger partial charge in [-0.25, -0.2) is 9.59 Å². The second-order valence-electron chi connectivity index (χ2n) is 15.8. The van der Waals surface area contributed by atoms with Crippen LogP contribution in [0.4, 0.5) is 0 Å². The van der Waals surface area contributed by atoms with Crippen molar-refractivity contribution in [1.29, 1.82) is 0 Å². The molecule has 7 fully saturated rings. The highest BCUT2D eigenvalue weighted by atomic mass is 16.7. The quantitative estimate of drug-likeness (QED) is 0.140. The zero-order valence-corrected chi connectivity index (χ0v) is 29.4. The molecule has 51 heavy (non-hydrogen) atoms. The van der Waals surface area contributed by atoms with Crippen molar-refractivity contribution in [2.75, 3.05) is 27.4 Å². The Hall–Kier alpha value is -3.12. The molecule has 0 aromatic rings. The van der Waals surface area contributed by atoms with Crippen molar-refractivity contribution in [3.05, 3.63) is 24.0 Å². The van der Waals surface area contributed by atoms with Gasteiger partial charge in [0.25, 0.3) is 5.79 Å². The van der Waals surface area contributed by atoms with Gasteiger partial charge in [0, 0.05) is 47.5 Å². The molecule has 5 heterocycles. The lowest BCUT2D eigenvalue weighted by Gasteiger charge is -2.65. The molecule has 4 saturated heterocycles. The molecule has 1 unspecified atom stereocenters. The zero-order valence-electron chi connectivity index (χ0n) is 29.4. The second-order valence-corrected chi connectivity index (χ2v) is 15.8. The summed E-state index contributed by atoms with van der Waals surface area (Å²) in [6, 6.07) is 0. The number of rotatable bonds is 6. The smallest absolute Gasteiger partial charge is 0.366 e. The molecule has 5 aliphatic heterocycles. The van der Waals surface area contributed by atoms with Gasteiger partial charge in [0.1, 0.15) is 28.8 Å². The number of carbonyl (C=O) groups excluding carboxylic acids is 4. The van der Waals surface area contributed by atoms with E-state index in [1.165, 1.54) is 19.3 Å². The Bertz CT molecular complexity index is 1660. The fraction of sp³-hybridized carbons (Fsp3) is 0.771. The Morgan fingerprint density at radius 2 is 1.67 bits per heavy atom. The van der Waals surface area contributed by atoms with Crippen molar-refractivity contribution in [3.63, 3.8) is 0 Å². The first kappa shape index (κ1) is 34.9. The van der Waals surface area contributed by atoms with Crippen LogP contribution in [0.5, 0.6) is 0 Å². The average molecular weight is 721 g/mol. The van der Waals surface area contributed by atoms with Gasteiger partial charge < -0.3 is 58.0 Å². The number of allylic oxidation sites excluding steroid dienone is 1. The maximum absolute atomic E-state index is 14.2. The molecule has 16 atom stereocenters. The van der Waals surface area contributed by atoms with E-state index in [1.807, 2.05) is 0 Å². The topological polar surface area (TPSA) is 215 Å². The van der Waals surface area contributed by atoms with Crippen LogP contribution in [0.25, 0.3) is 0 Å². The maximum atomic E-state index is 14.2. The van der Waals surface area contributed by atoms with Crippen molar-refractivity contribution in [2.24, 2.45) is 34.0 Å². The van der Waals surface area contributed by atoms with Crippen LogP contribution in [0, 0.1) is 34.0 Å². The molecular formula is C35H44O16. The van der Waals surface area contributed by atoms with Gasteiger partial charge in [-0.2, -0.15) is 0 Å².